The highest BCUT2D eigenvalue weighted by molar-refractivity contribution is 5.88. The molecule has 0 spiro atoms. The molecular weight excluding hydrogens is 328 g/mol. The normalized spacial score (nSPS) is 13.5. The molecule has 0 aliphatic carbocycles. The van der Waals surface area contributed by atoms with Gasteiger partial charge < -0.3 is 14.9 Å². The molecule has 0 amide bonds. The van der Waals surface area contributed by atoms with Crippen LogP contribution in [0, 0.1) is 23.7 Å². The molecule has 0 aromatic heterocycles. The van der Waals surface area contributed by atoms with E-state index in [1.165, 1.54) is 0 Å². The maximum Gasteiger partial charge on any atom is 0.316 e. The summed E-state index contributed by atoms with van der Waals surface area (Å²) in [6, 6.07) is 0. The average molecular weight is 358 g/mol. The highest BCUT2D eigenvalue weighted by atomic mass is 16.6. The predicted octanol–water partition coefficient (Wildman–Crippen LogP) is 3.11. The monoisotopic (exact) mass is 358 g/mol. The molecule has 0 saturated heterocycles. The molecule has 0 radical (unpaired) electrons. The largest absolute Gasteiger partial charge is 0.481 e. The second-order valence-electron chi connectivity index (χ2n) is 7.26. The van der Waals surface area contributed by atoms with Crippen LogP contribution in [-0.4, -0.2) is 34.1 Å². The summed E-state index contributed by atoms with van der Waals surface area (Å²) in [6.07, 6.45) is 0.754. The van der Waals surface area contributed by atoms with Gasteiger partial charge in [-0.3, -0.25) is 19.2 Å². The van der Waals surface area contributed by atoms with Gasteiger partial charge in [0.15, 0.2) is 0 Å². The van der Waals surface area contributed by atoms with Gasteiger partial charge in [-0.05, 0) is 37.5 Å². The fraction of sp³-hybridized carbons (Fsp3) is 0.778. The van der Waals surface area contributed by atoms with Crippen molar-refractivity contribution >= 4 is 23.9 Å². The van der Waals surface area contributed by atoms with Crippen molar-refractivity contribution in [3.8, 4) is 0 Å². The van der Waals surface area contributed by atoms with Crippen molar-refractivity contribution < 1.29 is 34.1 Å². The van der Waals surface area contributed by atoms with Crippen LogP contribution in [0.25, 0.3) is 0 Å². The molecule has 0 rings (SSSR count). The molecule has 2 unspecified atom stereocenters. The Bertz CT molecular complexity index is 426. The fourth-order valence-corrected chi connectivity index (χ4v) is 2.66. The molecule has 0 aromatic rings. The number of esters is 2. The first-order valence-corrected chi connectivity index (χ1v) is 8.72. The number of hydrogen-bond acceptors (Lipinski definition) is 5. The average Bonchev–Trinajstić information content (AvgIpc) is 2.46. The summed E-state index contributed by atoms with van der Waals surface area (Å²) in [5.41, 5.74) is 0. The second kappa shape index (κ2) is 11.6. The number of rotatable bonds is 12. The van der Waals surface area contributed by atoms with Crippen LogP contribution < -0.4 is 0 Å². The second-order valence-corrected chi connectivity index (χ2v) is 7.26. The maximum absolute atomic E-state index is 12.3. The van der Waals surface area contributed by atoms with Gasteiger partial charge in [-0.2, -0.15) is 0 Å². The van der Waals surface area contributed by atoms with E-state index in [1.54, 1.807) is 0 Å². The van der Waals surface area contributed by atoms with Crippen molar-refractivity contribution in [3.05, 3.63) is 0 Å². The van der Waals surface area contributed by atoms with Gasteiger partial charge in [-0.1, -0.05) is 27.7 Å². The van der Waals surface area contributed by atoms with E-state index in [2.05, 4.69) is 0 Å². The molecule has 144 valence electrons. The van der Waals surface area contributed by atoms with Gasteiger partial charge in [0.05, 0.1) is 11.8 Å². The first-order valence-electron chi connectivity index (χ1n) is 8.72. The summed E-state index contributed by atoms with van der Waals surface area (Å²) < 4.78 is 4.98. The molecule has 0 aliphatic rings. The molecule has 0 fully saturated rings. The number of carbonyl (C=O) groups excluding carboxylic acids is 2. The van der Waals surface area contributed by atoms with E-state index in [0.29, 0.717) is 12.8 Å². The number of carboxylic acid groups (broad SMARTS) is 2. The van der Waals surface area contributed by atoms with E-state index in [1.807, 2.05) is 27.7 Å². The first-order chi connectivity index (χ1) is 11.5. The van der Waals surface area contributed by atoms with Crippen molar-refractivity contribution in [2.45, 2.75) is 66.2 Å². The zero-order valence-corrected chi connectivity index (χ0v) is 15.5. The lowest BCUT2D eigenvalue weighted by molar-refractivity contribution is -0.166. The van der Waals surface area contributed by atoms with Crippen molar-refractivity contribution in [1.82, 2.24) is 0 Å². The molecule has 2 atom stereocenters. The van der Waals surface area contributed by atoms with Crippen LogP contribution in [0.5, 0.6) is 0 Å². The predicted molar refractivity (Wildman–Crippen MR) is 90.7 cm³/mol. The van der Waals surface area contributed by atoms with Crippen molar-refractivity contribution in [3.63, 3.8) is 0 Å². The SMILES string of the molecule is CC(C)CC(CCC(=O)O)C(=O)OC(=O)C(CCC(=O)O)CC(C)C. The van der Waals surface area contributed by atoms with Gasteiger partial charge in [0.2, 0.25) is 0 Å². The van der Waals surface area contributed by atoms with E-state index < -0.39 is 35.7 Å². The Morgan fingerprint density at radius 3 is 1.28 bits per heavy atom. The highest BCUT2D eigenvalue weighted by Gasteiger charge is 2.29. The smallest absolute Gasteiger partial charge is 0.316 e. The van der Waals surface area contributed by atoms with Gasteiger partial charge in [-0.25, -0.2) is 0 Å². The summed E-state index contributed by atoms with van der Waals surface area (Å²) in [5, 5.41) is 17.6. The van der Waals surface area contributed by atoms with Crippen molar-refractivity contribution in [2.24, 2.45) is 23.7 Å². The lowest BCUT2D eigenvalue weighted by Crippen LogP contribution is -2.28. The van der Waals surface area contributed by atoms with E-state index in [-0.39, 0.29) is 37.5 Å². The molecule has 0 bridgehead atoms. The number of carboxylic acids is 2. The number of carbonyl (C=O) groups is 4. The van der Waals surface area contributed by atoms with Crippen LogP contribution in [0.1, 0.15) is 66.2 Å². The standard InChI is InChI=1S/C18H30O7/c1-11(2)9-13(5-7-15(19)20)17(23)25-18(24)14(10-12(3)4)6-8-16(21)22/h11-14H,5-10H2,1-4H3,(H,19,20)(H,21,22). The van der Waals surface area contributed by atoms with Crippen LogP contribution in [-0.2, 0) is 23.9 Å². The van der Waals surface area contributed by atoms with Crippen molar-refractivity contribution in [1.29, 1.82) is 0 Å². The highest BCUT2D eigenvalue weighted by Crippen LogP contribution is 2.23. The molecule has 7 heteroatoms. The van der Waals surface area contributed by atoms with Crippen LogP contribution in [0.15, 0.2) is 0 Å². The number of ether oxygens (including phenoxy) is 1. The zero-order chi connectivity index (χ0) is 19.6. The van der Waals surface area contributed by atoms with E-state index in [4.69, 9.17) is 14.9 Å². The minimum Gasteiger partial charge on any atom is -0.481 e. The third-order valence-electron chi connectivity index (χ3n) is 3.79. The van der Waals surface area contributed by atoms with Crippen LogP contribution in [0.2, 0.25) is 0 Å². The maximum atomic E-state index is 12.3. The summed E-state index contributed by atoms with van der Waals surface area (Å²) in [4.78, 5) is 46.0. The van der Waals surface area contributed by atoms with E-state index >= 15 is 0 Å². The summed E-state index contributed by atoms with van der Waals surface area (Å²) >= 11 is 0. The van der Waals surface area contributed by atoms with Crippen LogP contribution in [0.3, 0.4) is 0 Å². The molecular formula is C18H30O7. The lowest BCUT2D eigenvalue weighted by atomic mass is 9.91. The Hall–Kier alpha value is -1.92. The van der Waals surface area contributed by atoms with Gasteiger partial charge in [-0.15, -0.1) is 0 Å². The van der Waals surface area contributed by atoms with E-state index in [0.717, 1.165) is 0 Å². The zero-order valence-electron chi connectivity index (χ0n) is 15.5. The summed E-state index contributed by atoms with van der Waals surface area (Å²) in [5.74, 6) is -4.45. The molecule has 0 heterocycles. The van der Waals surface area contributed by atoms with Crippen LogP contribution in [0.4, 0.5) is 0 Å². The van der Waals surface area contributed by atoms with Crippen LogP contribution >= 0.6 is 0 Å². The van der Waals surface area contributed by atoms with Gasteiger partial charge in [0.25, 0.3) is 0 Å². The van der Waals surface area contributed by atoms with Gasteiger partial charge in [0.1, 0.15) is 0 Å². The Balaban J connectivity index is 4.90. The van der Waals surface area contributed by atoms with Gasteiger partial charge in [0, 0.05) is 12.8 Å². The molecule has 0 saturated carbocycles. The Morgan fingerprint density at radius 2 is 1.04 bits per heavy atom. The molecule has 0 aromatic carbocycles. The fourth-order valence-electron chi connectivity index (χ4n) is 2.66. The summed E-state index contributed by atoms with van der Waals surface area (Å²) in [7, 11) is 0. The Labute approximate surface area is 148 Å². The van der Waals surface area contributed by atoms with E-state index in [9.17, 15) is 19.2 Å². The molecule has 2 N–H and O–H groups in total. The topological polar surface area (TPSA) is 118 Å². The molecule has 7 nitrogen and oxygen atoms in total. The van der Waals surface area contributed by atoms with Gasteiger partial charge >= 0.3 is 23.9 Å². The molecule has 25 heavy (non-hydrogen) atoms. The lowest BCUT2D eigenvalue weighted by Gasteiger charge is -2.20. The summed E-state index contributed by atoms with van der Waals surface area (Å²) in [6.45, 7) is 7.60. The minimum absolute atomic E-state index is 0.115. The Morgan fingerprint density at radius 1 is 0.720 bits per heavy atom. The van der Waals surface area contributed by atoms with Crippen molar-refractivity contribution in [2.75, 3.05) is 0 Å². The number of hydrogen-bond donors (Lipinski definition) is 2. The third-order valence-corrected chi connectivity index (χ3v) is 3.79. The third kappa shape index (κ3) is 11.3. The first kappa shape index (κ1) is 23.1. The quantitative estimate of drug-likeness (QED) is 0.406. The number of aliphatic carboxylic acids is 2. The molecule has 0 aliphatic heterocycles. The Kier molecular flexibility index (Phi) is 10.7. The minimum atomic E-state index is -1.01.